The van der Waals surface area contributed by atoms with Gasteiger partial charge in [0.2, 0.25) is 0 Å². The fraction of sp³-hybridized carbons (Fsp3) is 0.750. The number of rotatable bonds is 29. The third kappa shape index (κ3) is 20.8. The minimum atomic E-state index is -1.17. The summed E-state index contributed by atoms with van der Waals surface area (Å²) in [7, 11) is 0. The molecule has 0 aliphatic rings. The number of aromatic carboxylic acids is 1. The molecule has 8 heteroatoms. The molecule has 230 valence electrons. The van der Waals surface area contributed by atoms with E-state index in [1.54, 1.807) is 12.1 Å². The molecule has 1 rings (SSSR count). The van der Waals surface area contributed by atoms with Gasteiger partial charge in [-0.05, 0) is 18.6 Å². The minimum Gasteiger partial charge on any atom is -0.478 e. The summed E-state index contributed by atoms with van der Waals surface area (Å²) < 4.78 is 27.0. The summed E-state index contributed by atoms with van der Waals surface area (Å²) in [5.41, 5.74) is -0.0563. The van der Waals surface area contributed by atoms with Crippen LogP contribution in [0.1, 0.15) is 118 Å². The van der Waals surface area contributed by atoms with Crippen LogP contribution in [0, 0.1) is 0 Å². The molecule has 0 bridgehead atoms. The molecule has 40 heavy (non-hydrogen) atoms. The maximum Gasteiger partial charge on any atom is 0.339 e. The fourth-order valence-corrected chi connectivity index (χ4v) is 4.28. The van der Waals surface area contributed by atoms with E-state index < -0.39 is 11.9 Å². The summed E-state index contributed by atoms with van der Waals surface area (Å²) in [6.07, 6.45) is 19.0. The number of benzene rings is 1. The molecule has 1 aromatic carbocycles. The van der Waals surface area contributed by atoms with E-state index in [0.29, 0.717) is 39.6 Å². The Morgan fingerprint density at radius 2 is 0.900 bits per heavy atom. The molecular formula is C32H54O8. The minimum absolute atomic E-state index is 0.0264. The van der Waals surface area contributed by atoms with E-state index in [-0.39, 0.29) is 24.3 Å². The second-order valence-electron chi connectivity index (χ2n) is 10.0. The van der Waals surface area contributed by atoms with Gasteiger partial charge in [0, 0.05) is 6.61 Å². The summed E-state index contributed by atoms with van der Waals surface area (Å²) in [6.45, 7) is 6.25. The molecule has 0 atom stereocenters. The van der Waals surface area contributed by atoms with Crippen molar-refractivity contribution in [2.45, 2.75) is 96.8 Å². The van der Waals surface area contributed by atoms with Crippen molar-refractivity contribution in [2.75, 3.05) is 59.5 Å². The van der Waals surface area contributed by atoms with E-state index >= 15 is 0 Å². The molecule has 8 nitrogen and oxygen atoms in total. The molecule has 0 heterocycles. The van der Waals surface area contributed by atoms with Crippen molar-refractivity contribution < 1.29 is 38.4 Å². The molecule has 0 aliphatic carbocycles. The Labute approximate surface area is 242 Å². The van der Waals surface area contributed by atoms with Gasteiger partial charge in [0.25, 0.3) is 0 Å². The van der Waals surface area contributed by atoms with Gasteiger partial charge in [-0.25, -0.2) is 9.59 Å². The maximum atomic E-state index is 12.0. The third-order valence-corrected chi connectivity index (χ3v) is 6.60. The molecule has 0 saturated carbocycles. The highest BCUT2D eigenvalue weighted by Gasteiger charge is 2.16. The van der Waals surface area contributed by atoms with Crippen molar-refractivity contribution in [2.24, 2.45) is 0 Å². The second-order valence-corrected chi connectivity index (χ2v) is 10.0. The van der Waals surface area contributed by atoms with E-state index in [1.165, 1.54) is 95.6 Å². The first-order chi connectivity index (χ1) is 19.7. The summed E-state index contributed by atoms with van der Waals surface area (Å²) in [6, 6.07) is 5.94. The summed E-state index contributed by atoms with van der Waals surface area (Å²) in [4.78, 5) is 23.2. The van der Waals surface area contributed by atoms with Crippen LogP contribution in [0.2, 0.25) is 0 Å². The van der Waals surface area contributed by atoms with Gasteiger partial charge in [-0.15, -0.1) is 0 Å². The normalized spacial score (nSPS) is 11.1. The van der Waals surface area contributed by atoms with Gasteiger partial charge in [0.15, 0.2) is 0 Å². The van der Waals surface area contributed by atoms with E-state index in [9.17, 15) is 9.59 Å². The van der Waals surface area contributed by atoms with E-state index in [0.717, 1.165) is 13.0 Å². The lowest BCUT2D eigenvalue weighted by Gasteiger charge is -2.09. The Bertz CT molecular complexity index is 739. The first-order valence-corrected chi connectivity index (χ1v) is 15.5. The first-order valence-electron chi connectivity index (χ1n) is 15.5. The molecule has 0 aliphatic heterocycles. The Hall–Kier alpha value is -2.00. The average molecular weight is 567 g/mol. The number of carbonyl (C=O) groups is 2. The van der Waals surface area contributed by atoms with Crippen LogP contribution in [0.15, 0.2) is 24.3 Å². The van der Waals surface area contributed by atoms with Gasteiger partial charge in [0.1, 0.15) is 6.61 Å². The van der Waals surface area contributed by atoms with E-state index in [1.807, 2.05) is 0 Å². The summed E-state index contributed by atoms with van der Waals surface area (Å²) in [5.74, 6) is -1.85. The molecule has 0 fully saturated rings. The number of ether oxygens (including phenoxy) is 5. The number of carboxylic acid groups (broad SMARTS) is 1. The van der Waals surface area contributed by atoms with Crippen LogP contribution >= 0.6 is 0 Å². The van der Waals surface area contributed by atoms with Crippen LogP contribution in [0.4, 0.5) is 0 Å². The van der Waals surface area contributed by atoms with Crippen molar-refractivity contribution in [1.29, 1.82) is 0 Å². The molecule has 0 aromatic heterocycles. The van der Waals surface area contributed by atoms with Crippen LogP contribution in [0.3, 0.4) is 0 Å². The van der Waals surface area contributed by atoms with Gasteiger partial charge >= 0.3 is 11.9 Å². The number of unbranched alkanes of at least 4 members (excludes halogenated alkanes) is 13. The third-order valence-electron chi connectivity index (χ3n) is 6.60. The van der Waals surface area contributed by atoms with Gasteiger partial charge in [0.05, 0.1) is 57.4 Å². The quantitative estimate of drug-likeness (QED) is 0.0810. The number of carboxylic acids is 1. The smallest absolute Gasteiger partial charge is 0.339 e. The number of carbonyl (C=O) groups excluding carboxylic acids is 1. The van der Waals surface area contributed by atoms with Gasteiger partial charge in [-0.1, -0.05) is 103 Å². The molecule has 0 radical (unpaired) electrons. The maximum absolute atomic E-state index is 12.0. The Kier molecular flexibility index (Phi) is 24.5. The lowest BCUT2D eigenvalue weighted by molar-refractivity contribution is -0.00917. The van der Waals surface area contributed by atoms with Crippen molar-refractivity contribution in [3.05, 3.63) is 35.4 Å². The Morgan fingerprint density at radius 3 is 1.35 bits per heavy atom. The molecule has 0 amide bonds. The highest BCUT2D eigenvalue weighted by molar-refractivity contribution is 6.02. The molecule has 1 N–H and O–H groups in total. The van der Waals surface area contributed by atoms with Crippen molar-refractivity contribution in [3.8, 4) is 0 Å². The number of esters is 1. The second kappa shape index (κ2) is 27.2. The molecule has 0 unspecified atom stereocenters. The molecule has 0 spiro atoms. The topological polar surface area (TPSA) is 101 Å². The molecule has 1 aromatic rings. The Morgan fingerprint density at radius 1 is 0.525 bits per heavy atom. The molecular weight excluding hydrogens is 512 g/mol. The highest BCUT2D eigenvalue weighted by atomic mass is 16.6. The zero-order valence-corrected chi connectivity index (χ0v) is 24.9. The monoisotopic (exact) mass is 566 g/mol. The summed E-state index contributed by atoms with van der Waals surface area (Å²) >= 11 is 0. The summed E-state index contributed by atoms with van der Waals surface area (Å²) in [5, 5.41) is 9.13. The van der Waals surface area contributed by atoms with Gasteiger partial charge in [-0.2, -0.15) is 0 Å². The molecule has 0 saturated heterocycles. The average Bonchev–Trinajstić information content (AvgIpc) is 2.96. The van der Waals surface area contributed by atoms with Crippen molar-refractivity contribution >= 4 is 11.9 Å². The van der Waals surface area contributed by atoms with Crippen LogP contribution in [0.5, 0.6) is 0 Å². The lowest BCUT2D eigenvalue weighted by Crippen LogP contribution is -2.16. The standard InChI is InChI=1S/C32H54O8/c1-2-3-4-5-6-7-8-9-10-11-12-13-14-17-20-36-21-22-37-23-24-38-25-26-39-27-28-40-32(35)30-19-16-15-18-29(30)31(33)34/h15-16,18-19H,2-14,17,20-28H2,1H3,(H,33,34). The van der Waals surface area contributed by atoms with Crippen LogP contribution in [-0.4, -0.2) is 76.5 Å². The highest BCUT2D eigenvalue weighted by Crippen LogP contribution is 2.13. The fourth-order valence-electron chi connectivity index (χ4n) is 4.28. The van der Waals surface area contributed by atoms with Crippen LogP contribution < -0.4 is 0 Å². The van der Waals surface area contributed by atoms with Gasteiger partial charge < -0.3 is 28.8 Å². The van der Waals surface area contributed by atoms with Crippen LogP contribution in [0.25, 0.3) is 0 Å². The number of hydrogen-bond acceptors (Lipinski definition) is 7. The zero-order valence-electron chi connectivity index (χ0n) is 24.9. The van der Waals surface area contributed by atoms with Crippen LogP contribution in [-0.2, 0) is 23.7 Å². The predicted molar refractivity (Wildman–Crippen MR) is 157 cm³/mol. The Balaban J connectivity index is 1.74. The predicted octanol–water partition coefficient (Wildman–Crippen LogP) is 7.09. The zero-order chi connectivity index (χ0) is 28.9. The first kappa shape index (κ1) is 36.0. The van der Waals surface area contributed by atoms with Crippen molar-refractivity contribution in [1.82, 2.24) is 0 Å². The SMILES string of the molecule is CCCCCCCCCCCCCCCCOCCOCCOCCOCCOC(=O)c1ccccc1C(=O)O. The van der Waals surface area contributed by atoms with Gasteiger partial charge in [-0.3, -0.25) is 0 Å². The van der Waals surface area contributed by atoms with E-state index in [4.69, 9.17) is 28.8 Å². The van der Waals surface area contributed by atoms with Crippen molar-refractivity contribution in [3.63, 3.8) is 0 Å². The largest absolute Gasteiger partial charge is 0.478 e. The lowest BCUT2D eigenvalue weighted by atomic mass is 10.0. The van der Waals surface area contributed by atoms with E-state index in [2.05, 4.69) is 6.92 Å². The number of hydrogen-bond donors (Lipinski definition) is 1.